The molecule has 0 amide bonds. The lowest BCUT2D eigenvalue weighted by Gasteiger charge is -2.00. The number of aryl methyl sites for hydroxylation is 1. The molecule has 22 heavy (non-hydrogen) atoms. The Kier molecular flexibility index (Phi) is 7.31. The molecule has 0 saturated heterocycles. The molecule has 1 nitrogen and oxygen atoms in total. The van der Waals surface area contributed by atoms with E-state index in [1.807, 2.05) is 19.1 Å². The molecule has 0 aliphatic carbocycles. The molecule has 0 fully saturated rings. The molecule has 120 valence electrons. The van der Waals surface area contributed by atoms with Gasteiger partial charge in [0.1, 0.15) is 17.3 Å². The lowest BCUT2D eigenvalue weighted by Crippen LogP contribution is -2.02. The van der Waals surface area contributed by atoms with Gasteiger partial charge in [0.2, 0.25) is 0 Å². The maximum Gasteiger partial charge on any atom is 0.673 e. The highest BCUT2D eigenvalue weighted by atomic mass is 32.2. The maximum absolute atomic E-state index is 9.75. The molecule has 0 bridgehead atoms. The van der Waals surface area contributed by atoms with Crippen LogP contribution in [0.1, 0.15) is 16.7 Å². The van der Waals surface area contributed by atoms with Gasteiger partial charge in [0, 0.05) is 11.1 Å². The van der Waals surface area contributed by atoms with Gasteiger partial charge in [-0.1, -0.05) is 36.4 Å². The Hall–Kier alpha value is -1.63. The first-order chi connectivity index (χ1) is 10.3. The molecular weight excluding hydrogens is 315 g/mol. The van der Waals surface area contributed by atoms with Crippen LogP contribution in [0.5, 0.6) is 5.75 Å². The number of rotatable bonds is 4. The number of halogens is 4. The summed E-state index contributed by atoms with van der Waals surface area (Å²) < 4.78 is 39.0. The van der Waals surface area contributed by atoms with E-state index in [9.17, 15) is 22.4 Å². The van der Waals surface area contributed by atoms with Crippen molar-refractivity contribution in [3.8, 4) is 5.75 Å². The average Bonchev–Trinajstić information content (AvgIpc) is 2.42. The Morgan fingerprint density at radius 3 is 2.00 bits per heavy atom. The number of aromatic hydroxyl groups is 1. The van der Waals surface area contributed by atoms with Crippen molar-refractivity contribution < 1.29 is 22.4 Å². The minimum absolute atomic E-state index is 0.383. The van der Waals surface area contributed by atoms with Crippen molar-refractivity contribution in [1.82, 2.24) is 0 Å². The minimum atomic E-state index is -6.00. The fourth-order valence-corrected chi connectivity index (χ4v) is 2.75. The van der Waals surface area contributed by atoms with E-state index in [0.29, 0.717) is 5.75 Å². The predicted octanol–water partition coefficient (Wildman–Crippen LogP) is 4.52. The zero-order valence-corrected chi connectivity index (χ0v) is 12.9. The first-order valence-electron chi connectivity index (χ1n) is 6.58. The van der Waals surface area contributed by atoms with Crippen LogP contribution in [0.4, 0.5) is 17.3 Å². The van der Waals surface area contributed by atoms with E-state index in [2.05, 4.69) is 30.3 Å². The Labute approximate surface area is 131 Å². The van der Waals surface area contributed by atoms with Crippen LogP contribution in [-0.2, 0) is 23.3 Å². The molecule has 0 atom stereocenters. The molecule has 0 saturated carbocycles. The summed E-state index contributed by atoms with van der Waals surface area (Å²) in [6, 6.07) is 16.4. The van der Waals surface area contributed by atoms with E-state index in [0.717, 1.165) is 17.1 Å². The van der Waals surface area contributed by atoms with Gasteiger partial charge in [-0.15, -0.1) is 0 Å². The summed E-state index contributed by atoms with van der Waals surface area (Å²) in [5, 5.41) is 9.44. The SMILES string of the molecule is Cc1cc(C[SH+]Cc2ccccc2)ccc1O.F[B-](F)(F)F. The van der Waals surface area contributed by atoms with Crippen LogP contribution in [0, 0.1) is 6.92 Å². The second-order valence-corrected chi connectivity index (χ2v) is 5.72. The van der Waals surface area contributed by atoms with Gasteiger partial charge in [0.15, 0.2) is 0 Å². The number of hydrogen-bond donors (Lipinski definition) is 1. The monoisotopic (exact) mass is 332 g/mol. The van der Waals surface area contributed by atoms with Crippen molar-refractivity contribution in [3.63, 3.8) is 0 Å². The summed E-state index contributed by atoms with van der Waals surface area (Å²) in [5.74, 6) is 2.50. The number of phenols is 1. The quantitative estimate of drug-likeness (QED) is 0.378. The van der Waals surface area contributed by atoms with Gasteiger partial charge in [-0.3, -0.25) is 0 Å². The van der Waals surface area contributed by atoms with Crippen molar-refractivity contribution in [2.24, 2.45) is 0 Å². The fraction of sp³-hybridized carbons (Fsp3) is 0.200. The standard InChI is InChI=1S/C15H16OS.BF4/c1-12-9-14(7-8-15(12)16)11-17-10-13-5-3-2-4-6-13;2-1(3,4)5/h2-9,16H,10-11H2,1H3;/q;-1/p+1. The van der Waals surface area contributed by atoms with Gasteiger partial charge in [0.05, 0.1) is 0 Å². The highest BCUT2D eigenvalue weighted by Crippen LogP contribution is 2.17. The Morgan fingerprint density at radius 2 is 1.45 bits per heavy atom. The van der Waals surface area contributed by atoms with Gasteiger partial charge < -0.3 is 22.4 Å². The van der Waals surface area contributed by atoms with Crippen LogP contribution in [0.15, 0.2) is 48.5 Å². The van der Waals surface area contributed by atoms with Crippen molar-refractivity contribution in [2.75, 3.05) is 0 Å². The summed E-state index contributed by atoms with van der Waals surface area (Å²) in [5.41, 5.74) is 3.62. The molecule has 0 unspecified atom stereocenters. The molecule has 2 aromatic carbocycles. The Balaban J connectivity index is 0.000000422. The first kappa shape index (κ1) is 18.4. The van der Waals surface area contributed by atoms with Crippen LogP contribution in [-0.4, -0.2) is 12.4 Å². The van der Waals surface area contributed by atoms with Crippen molar-refractivity contribution >= 4 is 19.0 Å². The Bertz CT molecular complexity index is 570. The summed E-state index contributed by atoms with van der Waals surface area (Å²) in [6.45, 7) is 1.94. The molecule has 0 radical (unpaired) electrons. The minimum Gasteiger partial charge on any atom is -0.508 e. The highest BCUT2D eigenvalue weighted by Gasteiger charge is 2.20. The third kappa shape index (κ3) is 8.62. The number of thiol groups is 1. The molecule has 0 aromatic heterocycles. The van der Waals surface area contributed by atoms with Gasteiger partial charge in [-0.2, -0.15) is 0 Å². The second kappa shape index (κ2) is 8.73. The molecule has 0 spiro atoms. The van der Waals surface area contributed by atoms with E-state index >= 15 is 0 Å². The zero-order valence-electron chi connectivity index (χ0n) is 12.0. The fourth-order valence-electron chi connectivity index (χ4n) is 1.71. The smallest absolute Gasteiger partial charge is 0.508 e. The third-order valence-corrected chi connectivity index (χ3v) is 3.87. The normalized spacial score (nSPS) is 10.8. The average molecular weight is 332 g/mol. The Morgan fingerprint density at radius 1 is 0.909 bits per heavy atom. The molecule has 1 N–H and O–H groups in total. The van der Waals surface area contributed by atoms with Crippen LogP contribution in [0.25, 0.3) is 0 Å². The van der Waals surface area contributed by atoms with Gasteiger partial charge >= 0.3 is 7.25 Å². The van der Waals surface area contributed by atoms with E-state index in [1.165, 1.54) is 22.9 Å². The van der Waals surface area contributed by atoms with E-state index < -0.39 is 7.25 Å². The zero-order chi connectivity index (χ0) is 16.6. The lowest BCUT2D eigenvalue weighted by molar-refractivity contribution is 0.368. The molecule has 2 aromatic rings. The molecule has 0 heterocycles. The second-order valence-electron chi connectivity index (χ2n) is 4.64. The van der Waals surface area contributed by atoms with Gasteiger partial charge in [-0.25, -0.2) is 0 Å². The summed E-state index contributed by atoms with van der Waals surface area (Å²) in [4.78, 5) is 0. The van der Waals surface area contributed by atoms with Crippen LogP contribution in [0.2, 0.25) is 0 Å². The summed E-state index contributed by atoms with van der Waals surface area (Å²) in [6.07, 6.45) is 0. The molecule has 2 rings (SSSR count). The lowest BCUT2D eigenvalue weighted by atomic mass is 10.1. The van der Waals surface area contributed by atoms with Crippen LogP contribution >= 0.6 is 0 Å². The van der Waals surface area contributed by atoms with E-state index in [-0.39, 0.29) is 0 Å². The van der Waals surface area contributed by atoms with Gasteiger partial charge in [0.25, 0.3) is 0 Å². The van der Waals surface area contributed by atoms with Crippen LogP contribution in [0.3, 0.4) is 0 Å². The molecule has 7 heteroatoms. The largest absolute Gasteiger partial charge is 0.673 e. The van der Waals surface area contributed by atoms with Crippen molar-refractivity contribution in [3.05, 3.63) is 65.2 Å². The molecular formula is C15H17BF4OS. The van der Waals surface area contributed by atoms with E-state index in [1.54, 1.807) is 6.07 Å². The topological polar surface area (TPSA) is 20.2 Å². The first-order valence-corrected chi connectivity index (χ1v) is 7.85. The summed E-state index contributed by atoms with van der Waals surface area (Å²) >= 11 is 1.40. The van der Waals surface area contributed by atoms with Crippen molar-refractivity contribution in [1.29, 1.82) is 0 Å². The predicted molar refractivity (Wildman–Crippen MR) is 85.6 cm³/mol. The number of phenolic OH excluding ortho intramolecular Hbond substituents is 1. The maximum atomic E-state index is 9.75. The number of hydrogen-bond acceptors (Lipinski definition) is 1. The molecule has 0 aliphatic heterocycles. The highest BCUT2D eigenvalue weighted by molar-refractivity contribution is 7.76. The van der Waals surface area contributed by atoms with Crippen LogP contribution < -0.4 is 0 Å². The van der Waals surface area contributed by atoms with Crippen molar-refractivity contribution in [2.45, 2.75) is 18.4 Å². The van der Waals surface area contributed by atoms with Gasteiger partial charge in [-0.05, 0) is 36.4 Å². The molecule has 0 aliphatic rings. The van der Waals surface area contributed by atoms with E-state index in [4.69, 9.17) is 0 Å². The third-order valence-electron chi connectivity index (χ3n) is 2.69. The number of benzene rings is 2. The summed E-state index contributed by atoms with van der Waals surface area (Å²) in [7, 11) is -6.00.